The lowest BCUT2D eigenvalue weighted by atomic mass is 10.1. The summed E-state index contributed by atoms with van der Waals surface area (Å²) < 4.78 is 0. The Labute approximate surface area is 123 Å². The molecule has 1 aromatic rings. The maximum absolute atomic E-state index is 12.2. The first-order valence-corrected chi connectivity index (χ1v) is 8.53. The van der Waals surface area contributed by atoms with Gasteiger partial charge in [0.15, 0.2) is 0 Å². The Bertz CT molecular complexity index is 525. The smallest absolute Gasteiger partial charge is 0.224 e. The fourth-order valence-electron chi connectivity index (χ4n) is 3.71. The zero-order valence-corrected chi connectivity index (χ0v) is 12.7. The molecule has 3 heterocycles. The minimum atomic E-state index is 0.381. The van der Waals surface area contributed by atoms with E-state index in [2.05, 4.69) is 27.1 Å². The number of hydrogen-bond donors (Lipinski definition) is 0. The third kappa shape index (κ3) is 2.27. The highest BCUT2D eigenvalue weighted by Crippen LogP contribution is 2.37. The third-order valence-corrected chi connectivity index (χ3v) is 5.74. The summed E-state index contributed by atoms with van der Waals surface area (Å²) in [5.74, 6) is 1.18. The molecule has 2 atom stereocenters. The summed E-state index contributed by atoms with van der Waals surface area (Å²) in [5, 5.41) is 3.29. The number of hydrogen-bond acceptors (Lipinski definition) is 4. The Kier molecular flexibility index (Phi) is 3.07. The van der Waals surface area contributed by atoms with Gasteiger partial charge in [0.05, 0.1) is 10.7 Å². The number of amides is 1. The van der Waals surface area contributed by atoms with Crippen LogP contribution in [0.4, 0.5) is 0 Å². The van der Waals surface area contributed by atoms with Gasteiger partial charge in [0, 0.05) is 43.5 Å². The number of fused-ring (bicyclic) bond motifs is 1. The van der Waals surface area contributed by atoms with Gasteiger partial charge in [-0.15, -0.1) is 11.3 Å². The summed E-state index contributed by atoms with van der Waals surface area (Å²) in [6.07, 6.45) is 4.51. The molecule has 2 saturated heterocycles. The molecule has 0 aromatic carbocycles. The monoisotopic (exact) mass is 291 g/mol. The minimum Gasteiger partial charge on any atom is -0.338 e. The molecule has 0 radical (unpaired) electrons. The van der Waals surface area contributed by atoms with Crippen LogP contribution in [0.3, 0.4) is 0 Å². The summed E-state index contributed by atoms with van der Waals surface area (Å²) >= 11 is 1.72. The van der Waals surface area contributed by atoms with Gasteiger partial charge in [-0.1, -0.05) is 0 Å². The van der Waals surface area contributed by atoms with E-state index in [1.165, 1.54) is 18.5 Å². The highest BCUT2D eigenvalue weighted by Gasteiger charge is 2.47. The molecule has 20 heavy (non-hydrogen) atoms. The fraction of sp³-hybridized carbons (Fsp3) is 0.733. The van der Waals surface area contributed by atoms with Crippen LogP contribution < -0.4 is 0 Å². The van der Waals surface area contributed by atoms with Gasteiger partial charge in [-0.25, -0.2) is 4.98 Å². The van der Waals surface area contributed by atoms with Crippen LogP contribution in [-0.4, -0.2) is 45.9 Å². The molecule has 0 spiro atoms. The summed E-state index contributed by atoms with van der Waals surface area (Å²) in [6.45, 7) is 5.09. The zero-order chi connectivity index (χ0) is 13.7. The van der Waals surface area contributed by atoms with Gasteiger partial charge in [-0.2, -0.15) is 0 Å². The van der Waals surface area contributed by atoms with Crippen LogP contribution >= 0.6 is 11.3 Å². The lowest BCUT2D eigenvalue weighted by molar-refractivity contribution is -0.129. The first kappa shape index (κ1) is 12.8. The number of likely N-dealkylation sites (tertiary alicyclic amines) is 2. The van der Waals surface area contributed by atoms with Crippen LogP contribution in [-0.2, 0) is 11.3 Å². The molecule has 2 aliphatic heterocycles. The first-order chi connectivity index (χ1) is 9.70. The van der Waals surface area contributed by atoms with Gasteiger partial charge in [-0.05, 0) is 32.1 Å². The number of aromatic nitrogens is 1. The molecule has 2 unspecified atom stereocenters. The second kappa shape index (κ2) is 4.81. The molecule has 1 amide bonds. The molecule has 1 aliphatic carbocycles. The maximum Gasteiger partial charge on any atom is 0.224 e. The standard InChI is InChI=1S/C15H21N3OS/c1-10-16-12(9-20-10)8-17-5-4-13-14(17)6-15(19)18(13)7-11-2-3-11/h9,11,13-14H,2-8H2,1H3. The largest absolute Gasteiger partial charge is 0.338 e. The van der Waals surface area contributed by atoms with Crippen molar-refractivity contribution in [2.24, 2.45) is 5.92 Å². The van der Waals surface area contributed by atoms with Gasteiger partial charge in [-0.3, -0.25) is 9.69 Å². The average Bonchev–Trinajstić information content (AvgIpc) is 2.91. The lowest BCUT2D eigenvalue weighted by Gasteiger charge is -2.25. The van der Waals surface area contributed by atoms with Gasteiger partial charge < -0.3 is 4.90 Å². The van der Waals surface area contributed by atoms with Crippen molar-refractivity contribution in [2.45, 2.75) is 51.2 Å². The number of thiazole rings is 1. The van der Waals surface area contributed by atoms with E-state index in [1.54, 1.807) is 11.3 Å². The topological polar surface area (TPSA) is 36.4 Å². The molecular formula is C15H21N3OS. The Morgan fingerprint density at radius 1 is 1.35 bits per heavy atom. The van der Waals surface area contributed by atoms with E-state index in [4.69, 9.17) is 0 Å². The zero-order valence-electron chi connectivity index (χ0n) is 11.9. The fourth-order valence-corrected chi connectivity index (χ4v) is 4.31. The predicted molar refractivity (Wildman–Crippen MR) is 78.5 cm³/mol. The molecule has 5 heteroatoms. The van der Waals surface area contributed by atoms with Crippen molar-refractivity contribution >= 4 is 17.2 Å². The van der Waals surface area contributed by atoms with Crippen molar-refractivity contribution < 1.29 is 4.79 Å². The third-order valence-electron chi connectivity index (χ3n) is 4.91. The van der Waals surface area contributed by atoms with Crippen LogP contribution in [0.25, 0.3) is 0 Å². The minimum absolute atomic E-state index is 0.381. The van der Waals surface area contributed by atoms with E-state index >= 15 is 0 Å². The molecule has 4 nitrogen and oxygen atoms in total. The Balaban J connectivity index is 1.45. The SMILES string of the molecule is Cc1nc(CN2CCC3C2CC(=O)N3CC2CC2)cs1. The van der Waals surface area contributed by atoms with Crippen molar-refractivity contribution in [3.05, 3.63) is 16.1 Å². The van der Waals surface area contributed by atoms with Crippen LogP contribution in [0, 0.1) is 12.8 Å². The number of carbonyl (C=O) groups is 1. The van der Waals surface area contributed by atoms with Crippen molar-refractivity contribution in [3.8, 4) is 0 Å². The summed E-state index contributed by atoms with van der Waals surface area (Å²) in [7, 11) is 0. The number of carbonyl (C=O) groups excluding carboxylic acids is 1. The highest BCUT2D eigenvalue weighted by atomic mass is 32.1. The van der Waals surface area contributed by atoms with Crippen LogP contribution in [0.5, 0.6) is 0 Å². The Hall–Kier alpha value is -0.940. The van der Waals surface area contributed by atoms with E-state index in [0.717, 1.165) is 43.4 Å². The molecule has 3 fully saturated rings. The molecule has 1 aromatic heterocycles. The quantitative estimate of drug-likeness (QED) is 0.852. The molecule has 0 bridgehead atoms. The Morgan fingerprint density at radius 2 is 2.20 bits per heavy atom. The average molecular weight is 291 g/mol. The van der Waals surface area contributed by atoms with Crippen LogP contribution in [0.2, 0.25) is 0 Å². The normalized spacial score (nSPS) is 30.2. The number of rotatable bonds is 4. The summed E-state index contributed by atoms with van der Waals surface area (Å²) in [5.41, 5.74) is 1.17. The van der Waals surface area contributed by atoms with Crippen molar-refractivity contribution in [1.29, 1.82) is 0 Å². The van der Waals surface area contributed by atoms with E-state index in [9.17, 15) is 4.79 Å². The second-order valence-corrected chi connectivity index (χ2v) is 7.51. The number of aryl methyl sites for hydroxylation is 1. The van der Waals surface area contributed by atoms with Crippen molar-refractivity contribution in [1.82, 2.24) is 14.8 Å². The molecule has 108 valence electrons. The Morgan fingerprint density at radius 3 is 2.90 bits per heavy atom. The van der Waals surface area contributed by atoms with Crippen molar-refractivity contribution in [3.63, 3.8) is 0 Å². The predicted octanol–water partition coefficient (Wildman–Crippen LogP) is 2.04. The van der Waals surface area contributed by atoms with Crippen LogP contribution in [0.15, 0.2) is 5.38 Å². The van der Waals surface area contributed by atoms with Gasteiger partial charge >= 0.3 is 0 Å². The van der Waals surface area contributed by atoms with E-state index < -0.39 is 0 Å². The highest BCUT2D eigenvalue weighted by molar-refractivity contribution is 7.09. The summed E-state index contributed by atoms with van der Waals surface area (Å²) in [6, 6.07) is 0.908. The van der Waals surface area contributed by atoms with Crippen LogP contribution in [0.1, 0.15) is 36.4 Å². The van der Waals surface area contributed by atoms with Gasteiger partial charge in [0.2, 0.25) is 5.91 Å². The summed E-state index contributed by atoms with van der Waals surface area (Å²) in [4.78, 5) is 21.5. The molecule has 1 saturated carbocycles. The second-order valence-electron chi connectivity index (χ2n) is 6.45. The first-order valence-electron chi connectivity index (χ1n) is 7.65. The maximum atomic E-state index is 12.2. The van der Waals surface area contributed by atoms with E-state index in [1.807, 2.05) is 0 Å². The van der Waals surface area contributed by atoms with E-state index in [0.29, 0.717) is 18.0 Å². The van der Waals surface area contributed by atoms with E-state index in [-0.39, 0.29) is 0 Å². The molecule has 3 aliphatic rings. The van der Waals surface area contributed by atoms with Gasteiger partial charge in [0.1, 0.15) is 0 Å². The van der Waals surface area contributed by atoms with Crippen molar-refractivity contribution in [2.75, 3.05) is 13.1 Å². The number of nitrogens with zero attached hydrogens (tertiary/aromatic N) is 3. The molecule has 4 rings (SSSR count). The lowest BCUT2D eigenvalue weighted by Crippen LogP contribution is -2.38. The van der Waals surface area contributed by atoms with Gasteiger partial charge in [0.25, 0.3) is 0 Å². The molecular weight excluding hydrogens is 270 g/mol. The molecule has 0 N–H and O–H groups in total.